The SMILES string of the molecule is CC(C)C1CCCC(C(C)(C)N)C1. The van der Waals surface area contributed by atoms with Gasteiger partial charge in [0.25, 0.3) is 0 Å². The molecule has 2 N–H and O–H groups in total. The summed E-state index contributed by atoms with van der Waals surface area (Å²) in [6, 6.07) is 0. The highest BCUT2D eigenvalue weighted by Gasteiger charge is 2.31. The smallest absolute Gasteiger partial charge is 0.0125 e. The summed E-state index contributed by atoms with van der Waals surface area (Å²) in [5, 5.41) is 0. The largest absolute Gasteiger partial charge is 0.325 e. The molecule has 1 nitrogen and oxygen atoms in total. The second-order valence-electron chi connectivity index (χ2n) is 5.69. The summed E-state index contributed by atoms with van der Waals surface area (Å²) in [5.74, 6) is 2.50. The normalized spacial score (nSPS) is 30.9. The predicted octanol–water partition coefficient (Wildman–Crippen LogP) is 3.19. The van der Waals surface area contributed by atoms with Crippen molar-refractivity contribution in [3.63, 3.8) is 0 Å². The fraction of sp³-hybridized carbons (Fsp3) is 1.00. The van der Waals surface area contributed by atoms with Crippen molar-refractivity contribution < 1.29 is 0 Å². The monoisotopic (exact) mass is 183 g/mol. The van der Waals surface area contributed by atoms with Crippen LogP contribution in [0, 0.1) is 17.8 Å². The minimum absolute atomic E-state index is 0.0353. The van der Waals surface area contributed by atoms with Crippen LogP contribution >= 0.6 is 0 Å². The molecule has 0 aromatic carbocycles. The molecule has 1 rings (SSSR count). The van der Waals surface area contributed by atoms with E-state index in [1.165, 1.54) is 25.7 Å². The molecule has 1 aliphatic rings. The molecule has 2 atom stereocenters. The van der Waals surface area contributed by atoms with Crippen molar-refractivity contribution in [3.05, 3.63) is 0 Å². The van der Waals surface area contributed by atoms with Crippen LogP contribution in [0.15, 0.2) is 0 Å². The van der Waals surface area contributed by atoms with Gasteiger partial charge < -0.3 is 5.73 Å². The molecule has 0 aromatic heterocycles. The molecular weight excluding hydrogens is 158 g/mol. The van der Waals surface area contributed by atoms with Crippen molar-refractivity contribution in [2.45, 2.75) is 58.9 Å². The molecule has 0 spiro atoms. The van der Waals surface area contributed by atoms with E-state index in [0.717, 1.165) is 17.8 Å². The number of hydrogen-bond acceptors (Lipinski definition) is 1. The Hall–Kier alpha value is -0.0400. The van der Waals surface area contributed by atoms with E-state index >= 15 is 0 Å². The van der Waals surface area contributed by atoms with E-state index in [1.807, 2.05) is 0 Å². The molecule has 1 aliphatic carbocycles. The van der Waals surface area contributed by atoms with E-state index in [1.54, 1.807) is 0 Å². The van der Waals surface area contributed by atoms with Crippen molar-refractivity contribution in [3.8, 4) is 0 Å². The molecule has 0 bridgehead atoms. The van der Waals surface area contributed by atoms with Gasteiger partial charge in [-0.1, -0.05) is 26.7 Å². The van der Waals surface area contributed by atoms with Crippen LogP contribution in [0.4, 0.5) is 0 Å². The number of rotatable bonds is 2. The maximum atomic E-state index is 6.17. The third-order valence-electron chi connectivity index (χ3n) is 3.71. The lowest BCUT2D eigenvalue weighted by atomic mass is 9.70. The summed E-state index contributed by atoms with van der Waals surface area (Å²) in [6.07, 6.45) is 5.49. The van der Waals surface area contributed by atoms with Gasteiger partial charge in [-0.3, -0.25) is 0 Å². The highest BCUT2D eigenvalue weighted by molar-refractivity contribution is 4.87. The van der Waals surface area contributed by atoms with Crippen LogP contribution in [-0.4, -0.2) is 5.54 Å². The first-order chi connectivity index (χ1) is 5.91. The van der Waals surface area contributed by atoms with Crippen molar-refractivity contribution >= 4 is 0 Å². The van der Waals surface area contributed by atoms with E-state index in [2.05, 4.69) is 27.7 Å². The van der Waals surface area contributed by atoms with Crippen molar-refractivity contribution in [1.82, 2.24) is 0 Å². The molecule has 0 amide bonds. The first-order valence-corrected chi connectivity index (χ1v) is 5.70. The molecule has 0 saturated heterocycles. The highest BCUT2D eigenvalue weighted by Crippen LogP contribution is 2.37. The van der Waals surface area contributed by atoms with Crippen molar-refractivity contribution in [2.75, 3.05) is 0 Å². The lowest BCUT2D eigenvalue weighted by molar-refractivity contribution is 0.158. The van der Waals surface area contributed by atoms with Crippen LogP contribution in [-0.2, 0) is 0 Å². The molecule has 78 valence electrons. The van der Waals surface area contributed by atoms with Crippen molar-refractivity contribution in [1.29, 1.82) is 0 Å². The lowest BCUT2D eigenvalue weighted by Gasteiger charge is -2.38. The standard InChI is InChI=1S/C12H25N/c1-9(2)10-6-5-7-11(8-10)12(3,4)13/h9-11H,5-8,13H2,1-4H3. The predicted molar refractivity (Wildman–Crippen MR) is 58.6 cm³/mol. The van der Waals surface area contributed by atoms with Gasteiger partial charge in [0.2, 0.25) is 0 Å². The Morgan fingerprint density at radius 3 is 2.31 bits per heavy atom. The second kappa shape index (κ2) is 4.00. The second-order valence-corrected chi connectivity index (χ2v) is 5.69. The van der Waals surface area contributed by atoms with Gasteiger partial charge in [-0.25, -0.2) is 0 Å². The Kier molecular flexibility index (Phi) is 3.39. The summed E-state index contributed by atoms with van der Waals surface area (Å²) < 4.78 is 0. The molecule has 0 aromatic rings. The first kappa shape index (κ1) is 11.0. The highest BCUT2D eigenvalue weighted by atomic mass is 14.7. The summed E-state index contributed by atoms with van der Waals surface area (Å²) in [5.41, 5.74) is 6.21. The summed E-state index contributed by atoms with van der Waals surface area (Å²) in [4.78, 5) is 0. The van der Waals surface area contributed by atoms with Crippen LogP contribution in [0.1, 0.15) is 53.4 Å². The average molecular weight is 183 g/mol. The Balaban J connectivity index is 2.52. The van der Waals surface area contributed by atoms with Crippen LogP contribution in [0.25, 0.3) is 0 Å². The van der Waals surface area contributed by atoms with Crippen LogP contribution in [0.5, 0.6) is 0 Å². The van der Waals surface area contributed by atoms with Gasteiger partial charge in [-0.05, 0) is 44.4 Å². The molecule has 0 aliphatic heterocycles. The maximum absolute atomic E-state index is 6.17. The Bertz CT molecular complexity index is 155. The minimum Gasteiger partial charge on any atom is -0.325 e. The summed E-state index contributed by atoms with van der Waals surface area (Å²) in [6.45, 7) is 9.05. The Morgan fingerprint density at radius 1 is 1.23 bits per heavy atom. The molecule has 2 unspecified atom stereocenters. The van der Waals surface area contributed by atoms with Crippen LogP contribution in [0.3, 0.4) is 0 Å². The Morgan fingerprint density at radius 2 is 1.85 bits per heavy atom. The quantitative estimate of drug-likeness (QED) is 0.699. The summed E-state index contributed by atoms with van der Waals surface area (Å²) in [7, 11) is 0. The molecule has 1 heteroatoms. The fourth-order valence-electron chi connectivity index (χ4n) is 2.51. The maximum Gasteiger partial charge on any atom is 0.0125 e. The molecule has 13 heavy (non-hydrogen) atoms. The third kappa shape index (κ3) is 2.98. The number of nitrogens with two attached hydrogens (primary N) is 1. The summed E-state index contributed by atoms with van der Waals surface area (Å²) >= 11 is 0. The van der Waals surface area contributed by atoms with Gasteiger partial charge in [0, 0.05) is 5.54 Å². The molecule has 1 saturated carbocycles. The van der Waals surface area contributed by atoms with E-state index in [9.17, 15) is 0 Å². The molecule has 0 heterocycles. The zero-order valence-electron chi connectivity index (χ0n) is 9.64. The van der Waals surface area contributed by atoms with E-state index in [0.29, 0.717) is 0 Å². The third-order valence-corrected chi connectivity index (χ3v) is 3.71. The van der Waals surface area contributed by atoms with Crippen LogP contribution < -0.4 is 5.73 Å². The van der Waals surface area contributed by atoms with E-state index in [-0.39, 0.29) is 5.54 Å². The van der Waals surface area contributed by atoms with E-state index < -0.39 is 0 Å². The number of hydrogen-bond donors (Lipinski definition) is 1. The Labute approximate surface area is 83.1 Å². The molecular formula is C12H25N. The zero-order chi connectivity index (χ0) is 10.1. The minimum atomic E-state index is 0.0353. The fourth-order valence-corrected chi connectivity index (χ4v) is 2.51. The van der Waals surface area contributed by atoms with Gasteiger partial charge in [0.1, 0.15) is 0 Å². The zero-order valence-corrected chi connectivity index (χ0v) is 9.64. The van der Waals surface area contributed by atoms with Crippen molar-refractivity contribution in [2.24, 2.45) is 23.5 Å². The molecule has 0 radical (unpaired) electrons. The molecule has 1 fully saturated rings. The first-order valence-electron chi connectivity index (χ1n) is 5.70. The van der Waals surface area contributed by atoms with Gasteiger partial charge >= 0.3 is 0 Å². The van der Waals surface area contributed by atoms with E-state index in [4.69, 9.17) is 5.73 Å². The van der Waals surface area contributed by atoms with Gasteiger partial charge in [0.05, 0.1) is 0 Å². The van der Waals surface area contributed by atoms with Gasteiger partial charge in [-0.2, -0.15) is 0 Å². The van der Waals surface area contributed by atoms with Gasteiger partial charge in [0.15, 0.2) is 0 Å². The lowest BCUT2D eigenvalue weighted by Crippen LogP contribution is -2.43. The topological polar surface area (TPSA) is 26.0 Å². The average Bonchev–Trinajstić information content (AvgIpc) is 2.03. The van der Waals surface area contributed by atoms with Gasteiger partial charge in [-0.15, -0.1) is 0 Å². The van der Waals surface area contributed by atoms with Crippen LogP contribution in [0.2, 0.25) is 0 Å².